The molecule has 0 bridgehead atoms. The molecule has 11 nitrogen and oxygen atoms in total. The monoisotopic (exact) mass is 384 g/mol. The van der Waals surface area contributed by atoms with Crippen LogP contribution in [0.2, 0.25) is 0 Å². The van der Waals surface area contributed by atoms with E-state index in [4.69, 9.17) is 24.1 Å². The van der Waals surface area contributed by atoms with Crippen molar-refractivity contribution in [3.8, 4) is 0 Å². The number of rotatable bonds is 7. The summed E-state index contributed by atoms with van der Waals surface area (Å²) in [4.78, 5) is 0. The van der Waals surface area contributed by atoms with Gasteiger partial charge >= 0.3 is 0 Å². The summed E-state index contributed by atoms with van der Waals surface area (Å²) in [5.41, 5.74) is 0. The smallest absolute Gasteiger partial charge is 0.111 e. The van der Waals surface area contributed by atoms with Crippen molar-refractivity contribution in [2.75, 3.05) is 33.5 Å². The largest absolute Gasteiger partial charge is 0.394 e. The number of aliphatic hydroxyl groups is 7. The number of hydrogen-bond donors (Lipinski definition) is 7. The summed E-state index contributed by atoms with van der Waals surface area (Å²) in [6, 6.07) is 0. The molecule has 2 aliphatic rings. The molecule has 0 aromatic carbocycles. The lowest BCUT2D eigenvalue weighted by Gasteiger charge is -2.41. The third kappa shape index (κ3) is 4.69. The van der Waals surface area contributed by atoms with Gasteiger partial charge in [0.05, 0.1) is 26.4 Å². The number of ether oxygens (including phenoxy) is 4. The molecule has 2 fully saturated rings. The molecule has 0 saturated carbocycles. The van der Waals surface area contributed by atoms with Gasteiger partial charge in [0.2, 0.25) is 0 Å². The molecule has 26 heavy (non-hydrogen) atoms. The molecule has 10 atom stereocenters. The summed E-state index contributed by atoms with van der Waals surface area (Å²) in [6.07, 6.45) is -12.4. The van der Waals surface area contributed by atoms with Crippen molar-refractivity contribution in [3.05, 3.63) is 0 Å². The van der Waals surface area contributed by atoms with E-state index in [0.717, 1.165) is 0 Å². The SMILES string of the molecule is COCC1OC(COCC2OC(CO)C(O)C(O)C2O)C(O)C(O)C1O. The second-order valence-electron chi connectivity index (χ2n) is 6.54. The summed E-state index contributed by atoms with van der Waals surface area (Å²) in [5, 5.41) is 68.3. The Morgan fingerprint density at radius 1 is 0.615 bits per heavy atom. The Balaban J connectivity index is 1.87. The molecule has 10 unspecified atom stereocenters. The lowest BCUT2D eigenvalue weighted by atomic mass is 9.95. The Labute approximate surface area is 150 Å². The van der Waals surface area contributed by atoms with Crippen molar-refractivity contribution in [1.29, 1.82) is 0 Å². The molecule has 0 aliphatic carbocycles. The fourth-order valence-corrected chi connectivity index (χ4v) is 3.08. The zero-order valence-electron chi connectivity index (χ0n) is 14.4. The highest BCUT2D eigenvalue weighted by Crippen LogP contribution is 2.24. The molecule has 0 radical (unpaired) electrons. The summed E-state index contributed by atoms with van der Waals surface area (Å²) >= 11 is 0. The lowest BCUT2D eigenvalue weighted by molar-refractivity contribution is -0.255. The van der Waals surface area contributed by atoms with Gasteiger partial charge in [-0.15, -0.1) is 0 Å². The Hall–Kier alpha value is -0.440. The van der Waals surface area contributed by atoms with E-state index in [1.165, 1.54) is 7.11 Å². The fourth-order valence-electron chi connectivity index (χ4n) is 3.08. The van der Waals surface area contributed by atoms with E-state index in [1.54, 1.807) is 0 Å². The first kappa shape index (κ1) is 21.9. The Bertz CT molecular complexity index is 422. The molecule has 0 spiro atoms. The number of methoxy groups -OCH3 is 1. The second-order valence-corrected chi connectivity index (χ2v) is 6.54. The molecule has 0 aromatic heterocycles. The van der Waals surface area contributed by atoms with Gasteiger partial charge in [-0.3, -0.25) is 0 Å². The van der Waals surface area contributed by atoms with Crippen LogP contribution in [0.1, 0.15) is 0 Å². The van der Waals surface area contributed by atoms with E-state index >= 15 is 0 Å². The minimum absolute atomic E-state index is 0.00809. The first-order valence-corrected chi connectivity index (χ1v) is 8.38. The topological polar surface area (TPSA) is 179 Å². The average Bonchev–Trinajstić information content (AvgIpc) is 2.63. The Kier molecular flexibility index (Phi) is 8.12. The minimum atomic E-state index is -1.51. The van der Waals surface area contributed by atoms with Crippen LogP contribution >= 0.6 is 0 Å². The average molecular weight is 384 g/mol. The van der Waals surface area contributed by atoms with Gasteiger partial charge in [-0.25, -0.2) is 0 Å². The molecule has 0 aromatic rings. The van der Waals surface area contributed by atoms with Crippen molar-refractivity contribution in [2.24, 2.45) is 0 Å². The number of aliphatic hydroxyl groups excluding tert-OH is 7. The first-order valence-electron chi connectivity index (χ1n) is 8.38. The molecule has 11 heteroatoms. The highest BCUT2D eigenvalue weighted by molar-refractivity contribution is 4.93. The van der Waals surface area contributed by atoms with Crippen LogP contribution in [0.3, 0.4) is 0 Å². The lowest BCUT2D eigenvalue weighted by Crippen LogP contribution is -2.61. The van der Waals surface area contributed by atoms with Gasteiger partial charge in [-0.05, 0) is 0 Å². The van der Waals surface area contributed by atoms with Gasteiger partial charge in [-0.1, -0.05) is 0 Å². The third-order valence-electron chi connectivity index (χ3n) is 4.70. The highest BCUT2D eigenvalue weighted by atomic mass is 16.6. The van der Waals surface area contributed by atoms with Crippen molar-refractivity contribution >= 4 is 0 Å². The van der Waals surface area contributed by atoms with Crippen LogP contribution in [0.15, 0.2) is 0 Å². The molecular weight excluding hydrogens is 356 g/mol. The Morgan fingerprint density at radius 2 is 1.00 bits per heavy atom. The van der Waals surface area contributed by atoms with E-state index in [0.29, 0.717) is 0 Å². The summed E-state index contributed by atoms with van der Waals surface area (Å²) in [7, 11) is 1.40. The zero-order chi connectivity index (χ0) is 19.4. The van der Waals surface area contributed by atoms with Crippen LogP contribution in [0.4, 0.5) is 0 Å². The van der Waals surface area contributed by atoms with Crippen molar-refractivity contribution in [1.82, 2.24) is 0 Å². The normalized spacial score (nSPS) is 47.1. The maximum absolute atomic E-state index is 10.00. The molecule has 0 amide bonds. The minimum Gasteiger partial charge on any atom is -0.394 e. The quantitative estimate of drug-likeness (QED) is 0.224. The van der Waals surface area contributed by atoms with E-state index in [2.05, 4.69) is 0 Å². The standard InChI is InChI=1S/C15H28O11/c1-23-3-7-11(18)15(22)13(20)9(26-7)5-24-4-8-12(19)14(21)10(17)6(2-16)25-8/h6-22H,2-5H2,1H3. The number of hydrogen-bond acceptors (Lipinski definition) is 11. The maximum atomic E-state index is 10.00. The van der Waals surface area contributed by atoms with Crippen LogP contribution in [0.5, 0.6) is 0 Å². The van der Waals surface area contributed by atoms with Crippen molar-refractivity contribution in [2.45, 2.75) is 61.0 Å². The van der Waals surface area contributed by atoms with E-state index in [9.17, 15) is 30.6 Å². The van der Waals surface area contributed by atoms with Gasteiger partial charge in [0, 0.05) is 7.11 Å². The van der Waals surface area contributed by atoms with E-state index < -0.39 is 67.6 Å². The first-order chi connectivity index (χ1) is 12.3. The molecule has 7 N–H and O–H groups in total. The van der Waals surface area contributed by atoms with Gasteiger partial charge < -0.3 is 54.7 Å². The van der Waals surface area contributed by atoms with Crippen LogP contribution in [0, 0.1) is 0 Å². The Morgan fingerprint density at radius 3 is 1.42 bits per heavy atom. The van der Waals surface area contributed by atoms with Crippen LogP contribution in [-0.4, -0.2) is 130 Å². The molecule has 2 heterocycles. The third-order valence-corrected chi connectivity index (χ3v) is 4.70. The summed E-state index contributed by atoms with van der Waals surface area (Å²) in [5.74, 6) is 0. The van der Waals surface area contributed by atoms with E-state index in [-0.39, 0.29) is 19.8 Å². The predicted molar refractivity (Wildman–Crippen MR) is 83.1 cm³/mol. The molecule has 154 valence electrons. The van der Waals surface area contributed by atoms with Gasteiger partial charge in [0.1, 0.15) is 61.0 Å². The second kappa shape index (κ2) is 9.66. The fraction of sp³-hybridized carbons (Fsp3) is 1.00. The molecule has 2 aliphatic heterocycles. The highest BCUT2D eigenvalue weighted by Gasteiger charge is 2.45. The van der Waals surface area contributed by atoms with Gasteiger partial charge in [0.25, 0.3) is 0 Å². The predicted octanol–water partition coefficient (Wildman–Crippen LogP) is -4.66. The maximum Gasteiger partial charge on any atom is 0.111 e. The van der Waals surface area contributed by atoms with Crippen LogP contribution < -0.4 is 0 Å². The molecule has 2 saturated heterocycles. The summed E-state index contributed by atoms with van der Waals surface area (Å²) in [6.45, 7) is -0.954. The van der Waals surface area contributed by atoms with E-state index in [1.807, 2.05) is 0 Å². The van der Waals surface area contributed by atoms with Crippen LogP contribution in [0.25, 0.3) is 0 Å². The van der Waals surface area contributed by atoms with Crippen molar-refractivity contribution in [3.63, 3.8) is 0 Å². The summed E-state index contributed by atoms with van der Waals surface area (Å²) < 4.78 is 21.0. The van der Waals surface area contributed by atoms with Crippen LogP contribution in [-0.2, 0) is 18.9 Å². The molecule has 2 rings (SSSR count). The van der Waals surface area contributed by atoms with Gasteiger partial charge in [0.15, 0.2) is 0 Å². The zero-order valence-corrected chi connectivity index (χ0v) is 14.4. The van der Waals surface area contributed by atoms with Crippen molar-refractivity contribution < 1.29 is 54.7 Å². The van der Waals surface area contributed by atoms with Gasteiger partial charge in [-0.2, -0.15) is 0 Å². The molecular formula is C15H28O11.